The van der Waals surface area contributed by atoms with E-state index in [1.807, 2.05) is 17.0 Å². The number of carbonyl (C=O) groups is 1. The molecule has 1 N–H and O–H groups in total. The van der Waals surface area contributed by atoms with Crippen LogP contribution in [0.5, 0.6) is 0 Å². The zero-order chi connectivity index (χ0) is 13.9. The second kappa shape index (κ2) is 6.15. The van der Waals surface area contributed by atoms with E-state index in [0.29, 0.717) is 10.6 Å². The fraction of sp³-hybridized carbons (Fsp3) is 0.562. The van der Waals surface area contributed by atoms with E-state index in [-0.39, 0.29) is 5.91 Å². The summed E-state index contributed by atoms with van der Waals surface area (Å²) in [6.45, 7) is 4.43. The van der Waals surface area contributed by atoms with Gasteiger partial charge in [0.05, 0.1) is 19.1 Å². The highest BCUT2D eigenvalue weighted by Crippen LogP contribution is 2.16. The fourth-order valence-electron chi connectivity index (χ4n) is 3.53. The molecule has 1 aromatic rings. The van der Waals surface area contributed by atoms with Gasteiger partial charge in [-0.25, -0.2) is 0 Å². The first kappa shape index (κ1) is 13.9. The number of nitrogens with zero attached hydrogens (tertiary/aromatic N) is 1. The van der Waals surface area contributed by atoms with Crippen LogP contribution in [0.3, 0.4) is 0 Å². The molecule has 2 fully saturated rings. The zero-order valence-electron chi connectivity index (χ0n) is 11.8. The summed E-state index contributed by atoms with van der Waals surface area (Å²) in [7, 11) is 0. The first-order valence-corrected chi connectivity index (χ1v) is 8.01. The number of likely N-dealkylation sites (tertiary alicyclic amines) is 2. The lowest BCUT2D eigenvalue weighted by molar-refractivity contribution is -0.914. The predicted octanol–water partition coefficient (Wildman–Crippen LogP) is 1.62. The molecule has 1 aromatic carbocycles. The van der Waals surface area contributed by atoms with Gasteiger partial charge in [-0.05, 0) is 18.2 Å². The average Bonchev–Trinajstić information content (AvgIpc) is 3.01. The third-order valence-corrected chi connectivity index (χ3v) is 4.91. The van der Waals surface area contributed by atoms with E-state index in [9.17, 15) is 4.79 Å². The largest absolute Gasteiger partial charge is 0.338 e. The van der Waals surface area contributed by atoms with E-state index in [1.54, 1.807) is 17.0 Å². The van der Waals surface area contributed by atoms with E-state index in [4.69, 9.17) is 11.6 Å². The minimum Gasteiger partial charge on any atom is -0.338 e. The van der Waals surface area contributed by atoms with Crippen LogP contribution in [0.25, 0.3) is 0 Å². The lowest BCUT2D eigenvalue weighted by Gasteiger charge is -2.34. The van der Waals surface area contributed by atoms with Gasteiger partial charge in [-0.15, -0.1) is 0 Å². The van der Waals surface area contributed by atoms with Crippen LogP contribution in [0.15, 0.2) is 24.3 Å². The van der Waals surface area contributed by atoms with Crippen molar-refractivity contribution in [2.75, 3.05) is 26.2 Å². The van der Waals surface area contributed by atoms with Crippen LogP contribution in [0.2, 0.25) is 5.02 Å². The molecule has 1 amide bonds. The maximum Gasteiger partial charge on any atom is 0.253 e. The van der Waals surface area contributed by atoms with Crippen molar-refractivity contribution in [2.24, 2.45) is 0 Å². The highest BCUT2D eigenvalue weighted by atomic mass is 35.5. The van der Waals surface area contributed by atoms with E-state index in [0.717, 1.165) is 32.0 Å². The summed E-state index contributed by atoms with van der Waals surface area (Å²) in [5, 5.41) is 0.632. The molecule has 0 saturated carbocycles. The van der Waals surface area contributed by atoms with Crippen molar-refractivity contribution in [2.45, 2.75) is 31.7 Å². The molecule has 0 atom stereocenters. The number of nitrogens with one attached hydrogen (secondary N) is 1. The monoisotopic (exact) mass is 293 g/mol. The van der Waals surface area contributed by atoms with Gasteiger partial charge in [0.2, 0.25) is 0 Å². The molecule has 2 aliphatic rings. The Morgan fingerprint density at radius 2 is 1.90 bits per heavy atom. The number of amides is 1. The molecule has 2 heterocycles. The highest BCUT2D eigenvalue weighted by Gasteiger charge is 2.31. The molecule has 2 saturated heterocycles. The molecule has 0 aliphatic carbocycles. The number of rotatable bonds is 2. The molecule has 2 aliphatic heterocycles. The summed E-state index contributed by atoms with van der Waals surface area (Å²) in [4.78, 5) is 16.2. The summed E-state index contributed by atoms with van der Waals surface area (Å²) in [6.07, 6.45) is 5.03. The minimum absolute atomic E-state index is 0.127. The first-order valence-electron chi connectivity index (χ1n) is 7.63. The standard InChI is InChI=1S/C16H21ClN2O/c17-14-5-3-4-13(12-14)16(20)19-10-6-15(7-11-19)18-8-1-2-9-18/h3-5,12,15H,1-2,6-11H2/p+1. The molecular weight excluding hydrogens is 272 g/mol. The summed E-state index contributed by atoms with van der Waals surface area (Å²) >= 11 is 5.96. The smallest absolute Gasteiger partial charge is 0.253 e. The van der Waals surface area contributed by atoms with Gasteiger partial charge in [0.1, 0.15) is 0 Å². The van der Waals surface area contributed by atoms with Crippen molar-refractivity contribution in [3.63, 3.8) is 0 Å². The van der Waals surface area contributed by atoms with Crippen LogP contribution < -0.4 is 4.90 Å². The topological polar surface area (TPSA) is 24.8 Å². The maximum absolute atomic E-state index is 12.4. The molecule has 0 unspecified atom stereocenters. The number of hydrogen-bond donors (Lipinski definition) is 1. The number of quaternary nitrogens is 1. The molecule has 0 spiro atoms. The summed E-state index contributed by atoms with van der Waals surface area (Å²) in [5.41, 5.74) is 0.712. The van der Waals surface area contributed by atoms with Gasteiger partial charge in [-0.3, -0.25) is 4.79 Å². The van der Waals surface area contributed by atoms with Gasteiger partial charge in [0.15, 0.2) is 0 Å². The van der Waals surface area contributed by atoms with Gasteiger partial charge < -0.3 is 9.80 Å². The van der Waals surface area contributed by atoms with Crippen LogP contribution in [-0.4, -0.2) is 43.0 Å². The summed E-state index contributed by atoms with van der Waals surface area (Å²) in [6, 6.07) is 8.03. The Bertz CT molecular complexity index is 477. The van der Waals surface area contributed by atoms with Gasteiger partial charge >= 0.3 is 0 Å². The lowest BCUT2D eigenvalue weighted by Crippen LogP contribution is -3.14. The molecule has 3 nitrogen and oxygen atoms in total. The van der Waals surface area contributed by atoms with E-state index >= 15 is 0 Å². The summed E-state index contributed by atoms with van der Waals surface area (Å²) in [5.74, 6) is 0.127. The van der Waals surface area contributed by atoms with Crippen molar-refractivity contribution in [3.05, 3.63) is 34.9 Å². The van der Waals surface area contributed by atoms with Gasteiger partial charge in [0.25, 0.3) is 5.91 Å². The Balaban J connectivity index is 1.58. The van der Waals surface area contributed by atoms with Crippen LogP contribution in [0.1, 0.15) is 36.0 Å². The Morgan fingerprint density at radius 3 is 2.55 bits per heavy atom. The first-order chi connectivity index (χ1) is 9.74. The van der Waals surface area contributed by atoms with Crippen LogP contribution in [0, 0.1) is 0 Å². The molecule has 0 aromatic heterocycles. The molecule has 20 heavy (non-hydrogen) atoms. The minimum atomic E-state index is 0.127. The Kier molecular flexibility index (Phi) is 4.27. The number of benzene rings is 1. The predicted molar refractivity (Wildman–Crippen MR) is 80.3 cm³/mol. The maximum atomic E-state index is 12.4. The molecule has 0 bridgehead atoms. The Hall–Kier alpha value is -1.06. The SMILES string of the molecule is O=C(c1cccc(Cl)c1)N1CCC([NH+]2CCCC2)CC1. The van der Waals surface area contributed by atoms with Crippen molar-refractivity contribution in [1.82, 2.24) is 4.90 Å². The third kappa shape index (κ3) is 2.99. The van der Waals surface area contributed by atoms with E-state index in [2.05, 4.69) is 0 Å². The molecule has 0 radical (unpaired) electrons. The Labute approximate surface area is 125 Å². The van der Waals surface area contributed by atoms with Crippen molar-refractivity contribution in [3.8, 4) is 0 Å². The van der Waals surface area contributed by atoms with E-state index in [1.165, 1.54) is 25.9 Å². The van der Waals surface area contributed by atoms with Crippen LogP contribution >= 0.6 is 11.6 Å². The molecule has 4 heteroatoms. The Morgan fingerprint density at radius 1 is 1.20 bits per heavy atom. The van der Waals surface area contributed by atoms with Gasteiger partial charge in [-0.2, -0.15) is 0 Å². The number of halogens is 1. The van der Waals surface area contributed by atoms with Crippen LogP contribution in [0.4, 0.5) is 0 Å². The highest BCUT2D eigenvalue weighted by molar-refractivity contribution is 6.30. The molecular formula is C16H22ClN2O+. The number of hydrogen-bond acceptors (Lipinski definition) is 1. The van der Waals surface area contributed by atoms with E-state index < -0.39 is 0 Å². The lowest BCUT2D eigenvalue weighted by atomic mass is 10.0. The van der Waals surface area contributed by atoms with Crippen molar-refractivity contribution < 1.29 is 9.69 Å². The number of piperidine rings is 1. The summed E-state index contributed by atoms with van der Waals surface area (Å²) < 4.78 is 0. The number of carbonyl (C=O) groups excluding carboxylic acids is 1. The second-order valence-electron chi connectivity index (χ2n) is 5.94. The molecule has 3 rings (SSSR count). The van der Waals surface area contributed by atoms with Crippen molar-refractivity contribution in [1.29, 1.82) is 0 Å². The quantitative estimate of drug-likeness (QED) is 0.881. The van der Waals surface area contributed by atoms with Gasteiger partial charge in [-0.1, -0.05) is 17.7 Å². The average molecular weight is 294 g/mol. The van der Waals surface area contributed by atoms with Crippen LogP contribution in [-0.2, 0) is 0 Å². The second-order valence-corrected chi connectivity index (χ2v) is 6.38. The van der Waals surface area contributed by atoms with Crippen molar-refractivity contribution >= 4 is 17.5 Å². The van der Waals surface area contributed by atoms with Gasteiger partial charge in [0, 0.05) is 49.4 Å². The normalized spacial score (nSPS) is 21.4. The molecule has 108 valence electrons. The fourth-order valence-corrected chi connectivity index (χ4v) is 3.72. The third-order valence-electron chi connectivity index (χ3n) is 4.68. The zero-order valence-corrected chi connectivity index (χ0v) is 12.5.